The van der Waals surface area contributed by atoms with Gasteiger partial charge in [0.25, 0.3) is 0 Å². The highest BCUT2D eigenvalue weighted by molar-refractivity contribution is 5.74. The SMILES string of the molecule is O=C(NCc1cncnc1)N1CCc2cnc(CC3CCOCC3)nc2C1. The van der Waals surface area contributed by atoms with Gasteiger partial charge in [0.05, 0.1) is 12.2 Å². The van der Waals surface area contributed by atoms with E-state index in [0.29, 0.717) is 25.6 Å². The Hall–Kier alpha value is -2.61. The monoisotopic (exact) mass is 368 g/mol. The van der Waals surface area contributed by atoms with E-state index in [1.807, 2.05) is 6.20 Å². The number of nitrogens with one attached hydrogen (secondary N) is 1. The normalized spacial score (nSPS) is 17.4. The Morgan fingerprint density at radius 3 is 2.85 bits per heavy atom. The Morgan fingerprint density at radius 1 is 1.22 bits per heavy atom. The van der Waals surface area contributed by atoms with Crippen LogP contribution in [0.25, 0.3) is 0 Å². The molecule has 4 heterocycles. The van der Waals surface area contributed by atoms with Crippen LogP contribution in [0.15, 0.2) is 24.9 Å². The number of fused-ring (bicyclic) bond motifs is 1. The Labute approximate surface area is 158 Å². The Bertz CT molecular complexity index is 779. The molecule has 0 spiro atoms. The minimum Gasteiger partial charge on any atom is -0.381 e. The molecule has 27 heavy (non-hydrogen) atoms. The fourth-order valence-electron chi connectivity index (χ4n) is 3.54. The van der Waals surface area contributed by atoms with Crippen molar-refractivity contribution < 1.29 is 9.53 Å². The van der Waals surface area contributed by atoms with Crippen LogP contribution in [-0.2, 0) is 30.7 Å². The van der Waals surface area contributed by atoms with Crippen molar-refractivity contribution in [2.75, 3.05) is 19.8 Å². The maximum atomic E-state index is 12.5. The molecule has 0 bridgehead atoms. The number of hydrogen-bond acceptors (Lipinski definition) is 6. The zero-order valence-electron chi connectivity index (χ0n) is 15.3. The summed E-state index contributed by atoms with van der Waals surface area (Å²) in [7, 11) is 0. The fraction of sp³-hybridized carbons (Fsp3) is 0.526. The number of hydrogen-bond donors (Lipinski definition) is 1. The second kappa shape index (κ2) is 8.39. The van der Waals surface area contributed by atoms with Crippen molar-refractivity contribution in [3.8, 4) is 0 Å². The second-order valence-electron chi connectivity index (χ2n) is 7.10. The molecule has 0 unspecified atom stereocenters. The molecule has 2 aliphatic rings. The zero-order chi connectivity index (χ0) is 18.5. The molecule has 8 heteroatoms. The smallest absolute Gasteiger partial charge is 0.318 e. The molecule has 1 fully saturated rings. The molecule has 142 valence electrons. The Kier molecular flexibility index (Phi) is 5.53. The van der Waals surface area contributed by atoms with E-state index in [1.165, 1.54) is 6.33 Å². The average Bonchev–Trinajstić information content (AvgIpc) is 2.73. The van der Waals surface area contributed by atoms with E-state index in [0.717, 1.165) is 61.5 Å². The third-order valence-corrected chi connectivity index (χ3v) is 5.15. The first-order valence-electron chi connectivity index (χ1n) is 9.46. The molecule has 0 saturated carbocycles. The van der Waals surface area contributed by atoms with Crippen LogP contribution < -0.4 is 5.32 Å². The van der Waals surface area contributed by atoms with Gasteiger partial charge in [-0.1, -0.05) is 0 Å². The second-order valence-corrected chi connectivity index (χ2v) is 7.10. The lowest BCUT2D eigenvalue weighted by molar-refractivity contribution is 0.0659. The summed E-state index contributed by atoms with van der Waals surface area (Å²) in [6, 6.07) is -0.0888. The third kappa shape index (κ3) is 4.57. The predicted molar refractivity (Wildman–Crippen MR) is 97.7 cm³/mol. The highest BCUT2D eigenvalue weighted by Gasteiger charge is 2.23. The van der Waals surface area contributed by atoms with Gasteiger partial charge < -0.3 is 15.0 Å². The molecule has 2 aromatic rings. The van der Waals surface area contributed by atoms with Crippen LogP contribution >= 0.6 is 0 Å². The van der Waals surface area contributed by atoms with Crippen LogP contribution in [-0.4, -0.2) is 50.6 Å². The standard InChI is InChI=1S/C19H24N6O2/c26-19(23-10-15-8-20-13-21-9-15)25-4-1-16-11-22-18(24-17(16)12-25)7-14-2-5-27-6-3-14/h8-9,11,13-14H,1-7,10,12H2,(H,23,26). The highest BCUT2D eigenvalue weighted by atomic mass is 16.5. The molecule has 1 N–H and O–H groups in total. The van der Waals surface area contributed by atoms with Crippen LogP contribution in [0.4, 0.5) is 4.79 Å². The number of amides is 2. The molecule has 0 radical (unpaired) electrons. The quantitative estimate of drug-likeness (QED) is 0.879. The summed E-state index contributed by atoms with van der Waals surface area (Å²) in [5, 5.41) is 2.93. The Morgan fingerprint density at radius 2 is 2.04 bits per heavy atom. The molecule has 0 atom stereocenters. The number of ether oxygens (including phenoxy) is 1. The van der Waals surface area contributed by atoms with Gasteiger partial charge in [0.2, 0.25) is 0 Å². The van der Waals surface area contributed by atoms with E-state index in [1.54, 1.807) is 17.3 Å². The van der Waals surface area contributed by atoms with Gasteiger partial charge in [-0.15, -0.1) is 0 Å². The number of carbonyl (C=O) groups excluding carboxylic acids is 1. The van der Waals surface area contributed by atoms with Crippen molar-refractivity contribution in [2.45, 2.75) is 38.8 Å². The van der Waals surface area contributed by atoms with Crippen molar-refractivity contribution in [1.29, 1.82) is 0 Å². The first kappa shape index (κ1) is 17.8. The fourth-order valence-corrected chi connectivity index (χ4v) is 3.54. The number of carbonyl (C=O) groups is 1. The minimum absolute atomic E-state index is 0.0888. The van der Waals surface area contributed by atoms with Crippen molar-refractivity contribution >= 4 is 6.03 Å². The van der Waals surface area contributed by atoms with Gasteiger partial charge in [-0.2, -0.15) is 0 Å². The zero-order valence-corrected chi connectivity index (χ0v) is 15.3. The molecule has 2 amide bonds. The van der Waals surface area contributed by atoms with Crippen molar-refractivity contribution in [3.63, 3.8) is 0 Å². The van der Waals surface area contributed by atoms with Gasteiger partial charge >= 0.3 is 6.03 Å². The van der Waals surface area contributed by atoms with E-state index in [-0.39, 0.29) is 6.03 Å². The molecule has 8 nitrogen and oxygen atoms in total. The van der Waals surface area contributed by atoms with E-state index >= 15 is 0 Å². The number of aromatic nitrogens is 4. The van der Waals surface area contributed by atoms with E-state index < -0.39 is 0 Å². The van der Waals surface area contributed by atoms with Crippen LogP contribution in [0.2, 0.25) is 0 Å². The minimum atomic E-state index is -0.0888. The summed E-state index contributed by atoms with van der Waals surface area (Å²) in [5.74, 6) is 1.47. The summed E-state index contributed by atoms with van der Waals surface area (Å²) in [5.41, 5.74) is 2.99. The van der Waals surface area contributed by atoms with Crippen LogP contribution in [0, 0.1) is 5.92 Å². The van der Waals surface area contributed by atoms with Crippen molar-refractivity contribution in [1.82, 2.24) is 30.2 Å². The largest absolute Gasteiger partial charge is 0.381 e. The molecule has 0 aromatic carbocycles. The maximum Gasteiger partial charge on any atom is 0.318 e. The van der Waals surface area contributed by atoms with Crippen molar-refractivity contribution in [3.05, 3.63) is 47.6 Å². The van der Waals surface area contributed by atoms with Crippen LogP contribution in [0.5, 0.6) is 0 Å². The van der Waals surface area contributed by atoms with Crippen LogP contribution in [0.1, 0.15) is 35.5 Å². The lowest BCUT2D eigenvalue weighted by Gasteiger charge is -2.28. The van der Waals surface area contributed by atoms with Crippen LogP contribution in [0.3, 0.4) is 0 Å². The average molecular weight is 368 g/mol. The van der Waals surface area contributed by atoms with E-state index in [2.05, 4.69) is 20.3 Å². The lowest BCUT2D eigenvalue weighted by Crippen LogP contribution is -2.43. The van der Waals surface area contributed by atoms with Gasteiger partial charge in [-0.3, -0.25) is 0 Å². The molecule has 2 aliphatic heterocycles. The summed E-state index contributed by atoms with van der Waals surface area (Å²) in [6.07, 6.45) is 10.6. The lowest BCUT2D eigenvalue weighted by atomic mass is 9.96. The summed E-state index contributed by atoms with van der Waals surface area (Å²) < 4.78 is 5.42. The van der Waals surface area contributed by atoms with Crippen molar-refractivity contribution in [2.24, 2.45) is 5.92 Å². The maximum absolute atomic E-state index is 12.5. The third-order valence-electron chi connectivity index (χ3n) is 5.15. The van der Waals surface area contributed by atoms with Gasteiger partial charge in [-0.25, -0.2) is 24.7 Å². The topological polar surface area (TPSA) is 93.1 Å². The summed E-state index contributed by atoms with van der Waals surface area (Å²) in [6.45, 7) is 3.27. The Balaban J connectivity index is 1.36. The van der Waals surface area contributed by atoms with Gasteiger partial charge in [0.15, 0.2) is 0 Å². The highest BCUT2D eigenvalue weighted by Crippen LogP contribution is 2.21. The van der Waals surface area contributed by atoms with E-state index in [9.17, 15) is 4.79 Å². The number of nitrogens with zero attached hydrogens (tertiary/aromatic N) is 5. The molecular formula is C19H24N6O2. The predicted octanol–water partition coefficient (Wildman–Crippen LogP) is 1.50. The summed E-state index contributed by atoms with van der Waals surface area (Å²) in [4.78, 5) is 31.5. The van der Waals surface area contributed by atoms with Gasteiger partial charge in [0, 0.05) is 56.9 Å². The molecular weight excluding hydrogens is 344 g/mol. The van der Waals surface area contributed by atoms with E-state index in [4.69, 9.17) is 9.72 Å². The van der Waals surface area contributed by atoms with Gasteiger partial charge in [0.1, 0.15) is 12.2 Å². The summed E-state index contributed by atoms with van der Waals surface area (Å²) >= 11 is 0. The molecule has 4 rings (SSSR count). The molecule has 1 saturated heterocycles. The number of urea groups is 1. The molecule has 2 aromatic heterocycles. The number of rotatable bonds is 4. The first-order chi connectivity index (χ1) is 13.3. The first-order valence-corrected chi connectivity index (χ1v) is 9.46. The molecule has 0 aliphatic carbocycles. The van der Waals surface area contributed by atoms with Gasteiger partial charge in [-0.05, 0) is 30.7 Å².